The second kappa shape index (κ2) is 9.50. The summed E-state index contributed by atoms with van der Waals surface area (Å²) in [6, 6.07) is 11.6. The van der Waals surface area contributed by atoms with Gasteiger partial charge in [0.1, 0.15) is 6.10 Å². The number of para-hydroxylation sites is 1. The van der Waals surface area contributed by atoms with Gasteiger partial charge in [0.25, 0.3) is 0 Å². The molecule has 0 N–H and O–H groups in total. The van der Waals surface area contributed by atoms with Crippen LogP contribution in [0.25, 0.3) is 5.69 Å². The molecular formula is C25H33NO4. The van der Waals surface area contributed by atoms with Gasteiger partial charge in [0.05, 0.1) is 5.56 Å². The summed E-state index contributed by atoms with van der Waals surface area (Å²) in [6.45, 7) is 10.0. The van der Waals surface area contributed by atoms with Gasteiger partial charge in [-0.1, -0.05) is 45.4 Å². The van der Waals surface area contributed by atoms with Gasteiger partial charge >= 0.3 is 11.9 Å². The minimum Gasteiger partial charge on any atom is -0.460 e. The number of carbonyl (C=O) groups excluding carboxylic acids is 2. The normalized spacial score (nSPS) is 21.5. The number of rotatable bonds is 6. The van der Waals surface area contributed by atoms with Crippen molar-refractivity contribution in [2.24, 2.45) is 17.8 Å². The Morgan fingerprint density at radius 3 is 2.50 bits per heavy atom. The lowest BCUT2D eigenvalue weighted by Crippen LogP contribution is -2.36. The van der Waals surface area contributed by atoms with Gasteiger partial charge in [-0.25, -0.2) is 9.59 Å². The van der Waals surface area contributed by atoms with Crippen LogP contribution in [0.3, 0.4) is 0 Å². The number of hydrogen-bond acceptors (Lipinski definition) is 4. The summed E-state index contributed by atoms with van der Waals surface area (Å²) >= 11 is 0. The van der Waals surface area contributed by atoms with Crippen molar-refractivity contribution in [1.82, 2.24) is 4.57 Å². The Morgan fingerprint density at radius 1 is 1.13 bits per heavy atom. The van der Waals surface area contributed by atoms with Crippen LogP contribution in [0, 0.1) is 31.6 Å². The third kappa shape index (κ3) is 4.94. The quantitative estimate of drug-likeness (QED) is 0.609. The highest BCUT2D eigenvalue weighted by Crippen LogP contribution is 2.35. The Bertz CT molecular complexity index is 884. The summed E-state index contributed by atoms with van der Waals surface area (Å²) in [5.74, 6) is 0.403. The molecule has 3 rings (SSSR count). The van der Waals surface area contributed by atoms with Crippen LogP contribution in [0.5, 0.6) is 0 Å². The highest BCUT2D eigenvalue weighted by Gasteiger charge is 2.33. The topological polar surface area (TPSA) is 57.5 Å². The fourth-order valence-corrected chi connectivity index (χ4v) is 4.60. The Balaban J connectivity index is 1.62. The third-order valence-corrected chi connectivity index (χ3v) is 6.23. The smallest absolute Gasteiger partial charge is 0.344 e. The predicted molar refractivity (Wildman–Crippen MR) is 117 cm³/mol. The first-order valence-corrected chi connectivity index (χ1v) is 10.9. The van der Waals surface area contributed by atoms with Gasteiger partial charge in [-0.05, 0) is 62.6 Å². The van der Waals surface area contributed by atoms with Crippen molar-refractivity contribution < 1.29 is 19.1 Å². The molecule has 162 valence electrons. The van der Waals surface area contributed by atoms with Crippen molar-refractivity contribution in [3.63, 3.8) is 0 Å². The average molecular weight is 412 g/mol. The van der Waals surface area contributed by atoms with Crippen molar-refractivity contribution in [3.8, 4) is 5.69 Å². The third-order valence-electron chi connectivity index (χ3n) is 6.23. The van der Waals surface area contributed by atoms with Gasteiger partial charge in [-0.3, -0.25) is 0 Å². The molecule has 0 unspecified atom stereocenters. The number of aromatic nitrogens is 1. The molecule has 0 spiro atoms. The first kappa shape index (κ1) is 22.1. The Morgan fingerprint density at radius 2 is 1.83 bits per heavy atom. The molecule has 0 saturated heterocycles. The second-order valence-electron chi connectivity index (χ2n) is 8.89. The van der Waals surface area contributed by atoms with Crippen LogP contribution in [-0.4, -0.2) is 29.2 Å². The number of esters is 2. The number of ether oxygens (including phenoxy) is 2. The highest BCUT2D eigenvalue weighted by atomic mass is 16.6. The molecule has 5 heteroatoms. The van der Waals surface area contributed by atoms with Gasteiger partial charge < -0.3 is 14.0 Å². The zero-order valence-corrected chi connectivity index (χ0v) is 18.7. The van der Waals surface area contributed by atoms with Gasteiger partial charge in [-0.15, -0.1) is 0 Å². The van der Waals surface area contributed by atoms with E-state index >= 15 is 0 Å². The molecule has 2 aromatic rings. The van der Waals surface area contributed by atoms with Crippen LogP contribution in [0.4, 0.5) is 0 Å². The fraction of sp³-hybridized carbons (Fsp3) is 0.520. The van der Waals surface area contributed by atoms with Gasteiger partial charge in [0.2, 0.25) is 0 Å². The molecule has 0 amide bonds. The molecule has 1 heterocycles. The molecule has 30 heavy (non-hydrogen) atoms. The number of benzene rings is 1. The number of nitrogens with zero attached hydrogens (tertiary/aromatic N) is 1. The lowest BCUT2D eigenvalue weighted by atomic mass is 9.75. The molecule has 0 aliphatic heterocycles. The highest BCUT2D eigenvalue weighted by molar-refractivity contribution is 5.92. The van der Waals surface area contributed by atoms with Gasteiger partial charge in [-0.2, -0.15) is 0 Å². The standard InChI is InChI=1S/C25H33NO4/c1-16(2)21-12-11-17(3)13-23(21)30-24(27)15-29-25(28)22-14-18(4)26(19(22)5)20-9-7-6-8-10-20/h6-10,14,16-17,21,23H,11-13,15H2,1-5H3/t17-,21+,23-/m0/s1. The molecular weight excluding hydrogens is 378 g/mol. The van der Waals surface area contributed by atoms with Gasteiger partial charge in [0, 0.05) is 17.1 Å². The summed E-state index contributed by atoms with van der Waals surface area (Å²) in [5, 5.41) is 0. The first-order chi connectivity index (χ1) is 14.3. The number of aryl methyl sites for hydroxylation is 1. The van der Waals surface area contributed by atoms with Crippen molar-refractivity contribution in [1.29, 1.82) is 0 Å². The summed E-state index contributed by atoms with van der Waals surface area (Å²) < 4.78 is 13.0. The molecule has 1 fully saturated rings. The van der Waals surface area contributed by atoms with E-state index in [4.69, 9.17) is 9.47 Å². The molecule has 1 aromatic carbocycles. The van der Waals surface area contributed by atoms with Crippen LogP contribution in [-0.2, 0) is 14.3 Å². The lowest BCUT2D eigenvalue weighted by Gasteiger charge is -2.36. The lowest BCUT2D eigenvalue weighted by molar-refractivity contribution is -0.159. The van der Waals surface area contributed by atoms with Crippen molar-refractivity contribution in [2.75, 3.05) is 6.61 Å². The maximum absolute atomic E-state index is 12.6. The van der Waals surface area contributed by atoms with E-state index < -0.39 is 11.9 Å². The molecule has 1 aliphatic carbocycles. The maximum atomic E-state index is 12.6. The molecule has 1 saturated carbocycles. The SMILES string of the molecule is Cc1cc(C(=O)OCC(=O)O[C@H]2C[C@@H](C)CC[C@@H]2C(C)C)c(C)n1-c1ccccc1. The second-order valence-corrected chi connectivity index (χ2v) is 8.89. The molecule has 0 bridgehead atoms. The van der Waals surface area contributed by atoms with E-state index in [0.717, 1.165) is 29.9 Å². The molecule has 1 aliphatic rings. The van der Waals surface area contributed by atoms with Crippen LogP contribution >= 0.6 is 0 Å². The zero-order chi connectivity index (χ0) is 21.8. The summed E-state index contributed by atoms with van der Waals surface area (Å²) in [5.41, 5.74) is 3.18. The molecule has 0 radical (unpaired) electrons. The van der Waals surface area contributed by atoms with E-state index in [9.17, 15) is 9.59 Å². The Hall–Kier alpha value is -2.56. The van der Waals surface area contributed by atoms with Crippen molar-refractivity contribution in [2.45, 2.75) is 60.0 Å². The van der Waals surface area contributed by atoms with E-state index in [2.05, 4.69) is 20.8 Å². The average Bonchev–Trinajstić information content (AvgIpc) is 3.00. The van der Waals surface area contributed by atoms with Crippen LogP contribution in [0.15, 0.2) is 36.4 Å². The molecule has 1 aromatic heterocycles. The zero-order valence-electron chi connectivity index (χ0n) is 18.7. The maximum Gasteiger partial charge on any atom is 0.344 e. The summed E-state index contributed by atoms with van der Waals surface area (Å²) in [7, 11) is 0. The fourth-order valence-electron chi connectivity index (χ4n) is 4.60. The minimum atomic E-state index is -0.500. The summed E-state index contributed by atoms with van der Waals surface area (Å²) in [4.78, 5) is 25.0. The number of hydrogen-bond donors (Lipinski definition) is 0. The van der Waals surface area contributed by atoms with E-state index in [1.165, 1.54) is 6.42 Å². The largest absolute Gasteiger partial charge is 0.460 e. The minimum absolute atomic E-state index is 0.0944. The Kier molecular flexibility index (Phi) is 7.01. The molecule has 5 nitrogen and oxygen atoms in total. The first-order valence-electron chi connectivity index (χ1n) is 10.9. The van der Waals surface area contributed by atoms with Gasteiger partial charge in [0.15, 0.2) is 6.61 Å². The molecule has 3 atom stereocenters. The predicted octanol–water partition coefficient (Wildman–Crippen LogP) is 5.25. The van der Waals surface area contributed by atoms with E-state index in [1.54, 1.807) is 6.07 Å². The number of carbonyl (C=O) groups is 2. The van der Waals surface area contributed by atoms with Crippen molar-refractivity contribution in [3.05, 3.63) is 53.3 Å². The van der Waals surface area contributed by atoms with E-state index in [1.807, 2.05) is 48.7 Å². The summed E-state index contributed by atoms with van der Waals surface area (Å²) in [6.07, 6.45) is 3.02. The van der Waals surface area contributed by atoms with Crippen molar-refractivity contribution >= 4 is 11.9 Å². The van der Waals surface area contributed by atoms with E-state index in [0.29, 0.717) is 23.3 Å². The van der Waals surface area contributed by atoms with Crippen LogP contribution in [0.2, 0.25) is 0 Å². The Labute approximate surface area is 179 Å². The monoisotopic (exact) mass is 411 g/mol. The van der Waals surface area contributed by atoms with E-state index in [-0.39, 0.29) is 12.7 Å². The van der Waals surface area contributed by atoms with Crippen LogP contribution < -0.4 is 0 Å². The van der Waals surface area contributed by atoms with Crippen LogP contribution in [0.1, 0.15) is 61.8 Å².